The molecule has 0 aliphatic heterocycles. The molecule has 0 aliphatic rings. The molecule has 0 atom stereocenters. The summed E-state index contributed by atoms with van der Waals surface area (Å²) in [7, 11) is 1.57. The third kappa shape index (κ3) is 3.56. The molecule has 3 aromatic rings. The second-order valence-corrected chi connectivity index (χ2v) is 5.33. The number of nitrogens with zero attached hydrogens (tertiary/aromatic N) is 1. The van der Waals surface area contributed by atoms with Crippen LogP contribution in [0.25, 0.3) is 11.1 Å². The van der Waals surface area contributed by atoms with Crippen LogP contribution >= 0.6 is 0 Å². The van der Waals surface area contributed by atoms with E-state index >= 15 is 0 Å². The summed E-state index contributed by atoms with van der Waals surface area (Å²) in [6.45, 7) is 0.442. The monoisotopic (exact) mass is 315 g/mol. The van der Waals surface area contributed by atoms with Crippen LogP contribution in [-0.2, 0) is 6.61 Å². The molecule has 0 saturated carbocycles. The Balaban J connectivity index is 1.70. The van der Waals surface area contributed by atoms with Gasteiger partial charge >= 0.3 is 0 Å². The van der Waals surface area contributed by atoms with Crippen LogP contribution in [0.2, 0.25) is 0 Å². The largest absolute Gasteiger partial charge is 0.493 e. The van der Waals surface area contributed by atoms with Crippen molar-refractivity contribution in [3.8, 4) is 28.7 Å². The van der Waals surface area contributed by atoms with Gasteiger partial charge in [0.05, 0.1) is 18.7 Å². The summed E-state index contributed by atoms with van der Waals surface area (Å²) >= 11 is 0. The average Bonchev–Trinajstić information content (AvgIpc) is 2.67. The Morgan fingerprint density at radius 3 is 2.21 bits per heavy atom. The molecule has 3 aromatic carbocycles. The second kappa shape index (κ2) is 7.34. The molecule has 24 heavy (non-hydrogen) atoms. The van der Waals surface area contributed by atoms with E-state index in [-0.39, 0.29) is 0 Å². The van der Waals surface area contributed by atoms with Crippen LogP contribution in [0.1, 0.15) is 11.1 Å². The highest BCUT2D eigenvalue weighted by atomic mass is 16.5. The van der Waals surface area contributed by atoms with E-state index in [2.05, 4.69) is 42.5 Å². The summed E-state index contributed by atoms with van der Waals surface area (Å²) in [5.74, 6) is 1.19. The van der Waals surface area contributed by atoms with Crippen molar-refractivity contribution in [3.63, 3.8) is 0 Å². The molecule has 0 amide bonds. The zero-order valence-corrected chi connectivity index (χ0v) is 13.4. The Morgan fingerprint density at radius 2 is 1.54 bits per heavy atom. The van der Waals surface area contributed by atoms with Gasteiger partial charge in [-0.15, -0.1) is 0 Å². The van der Waals surface area contributed by atoms with Crippen LogP contribution in [0.5, 0.6) is 11.5 Å². The lowest BCUT2D eigenvalue weighted by Gasteiger charge is -2.11. The highest BCUT2D eigenvalue weighted by molar-refractivity contribution is 5.63. The number of nitriles is 1. The second-order valence-electron chi connectivity index (χ2n) is 5.33. The number of ether oxygens (including phenoxy) is 2. The molecule has 0 spiro atoms. The molecule has 0 fully saturated rings. The van der Waals surface area contributed by atoms with Crippen molar-refractivity contribution >= 4 is 0 Å². The van der Waals surface area contributed by atoms with Gasteiger partial charge in [0.15, 0.2) is 11.5 Å². The number of rotatable bonds is 5. The van der Waals surface area contributed by atoms with Gasteiger partial charge in [-0.1, -0.05) is 54.6 Å². The minimum atomic E-state index is 0.442. The molecule has 118 valence electrons. The van der Waals surface area contributed by atoms with Gasteiger partial charge in [-0.3, -0.25) is 0 Å². The Bertz CT molecular complexity index is 849. The number of methoxy groups -OCH3 is 1. The van der Waals surface area contributed by atoms with Crippen LogP contribution in [0.4, 0.5) is 0 Å². The standard InChI is InChI=1S/C21H17NO2/c1-23-21-13-17(14-22)9-12-20(21)24-15-16-7-10-19(11-8-16)18-5-3-2-4-6-18/h2-13H,15H2,1H3. The van der Waals surface area contributed by atoms with E-state index in [9.17, 15) is 0 Å². The molecule has 0 aromatic heterocycles. The first-order valence-corrected chi connectivity index (χ1v) is 7.65. The Kier molecular flexibility index (Phi) is 4.78. The third-order valence-electron chi connectivity index (χ3n) is 3.75. The maximum absolute atomic E-state index is 8.93. The predicted octanol–water partition coefficient (Wildman–Crippen LogP) is 4.81. The fourth-order valence-corrected chi connectivity index (χ4v) is 2.44. The molecular formula is C21H17NO2. The van der Waals surface area contributed by atoms with Crippen LogP contribution in [0.3, 0.4) is 0 Å². The van der Waals surface area contributed by atoms with Crippen molar-refractivity contribution in [2.45, 2.75) is 6.61 Å². The van der Waals surface area contributed by atoms with Crippen molar-refractivity contribution in [2.75, 3.05) is 7.11 Å². The fraction of sp³-hybridized carbons (Fsp3) is 0.0952. The summed E-state index contributed by atoms with van der Waals surface area (Å²) in [4.78, 5) is 0. The molecular weight excluding hydrogens is 298 g/mol. The summed E-state index contributed by atoms with van der Waals surface area (Å²) in [5.41, 5.74) is 3.99. The SMILES string of the molecule is COc1cc(C#N)ccc1OCc1ccc(-c2ccccc2)cc1. The van der Waals surface area contributed by atoms with E-state index in [1.807, 2.05) is 18.2 Å². The van der Waals surface area contributed by atoms with Crippen molar-refractivity contribution in [2.24, 2.45) is 0 Å². The highest BCUT2D eigenvalue weighted by Crippen LogP contribution is 2.29. The van der Waals surface area contributed by atoms with Gasteiger partial charge in [-0.25, -0.2) is 0 Å². The summed E-state index contributed by atoms with van der Waals surface area (Å²) < 4.78 is 11.1. The van der Waals surface area contributed by atoms with Gasteiger partial charge in [0.1, 0.15) is 6.61 Å². The van der Waals surface area contributed by atoms with E-state index in [1.165, 1.54) is 11.1 Å². The minimum absolute atomic E-state index is 0.442. The summed E-state index contributed by atoms with van der Waals surface area (Å²) in [6.07, 6.45) is 0. The van der Waals surface area contributed by atoms with Gasteiger partial charge in [0.2, 0.25) is 0 Å². The Hall–Kier alpha value is -3.25. The molecule has 0 heterocycles. The van der Waals surface area contributed by atoms with Crippen molar-refractivity contribution in [1.29, 1.82) is 5.26 Å². The minimum Gasteiger partial charge on any atom is -0.493 e. The van der Waals surface area contributed by atoms with E-state index in [0.717, 1.165) is 5.56 Å². The summed E-state index contributed by atoms with van der Waals surface area (Å²) in [6, 6.07) is 25.8. The van der Waals surface area contributed by atoms with Gasteiger partial charge in [0.25, 0.3) is 0 Å². The normalized spacial score (nSPS) is 10.0. The number of hydrogen-bond donors (Lipinski definition) is 0. The van der Waals surface area contributed by atoms with Crippen LogP contribution in [0, 0.1) is 11.3 Å². The van der Waals surface area contributed by atoms with Gasteiger partial charge in [-0.2, -0.15) is 5.26 Å². The predicted molar refractivity (Wildman–Crippen MR) is 93.9 cm³/mol. The van der Waals surface area contributed by atoms with Crippen molar-refractivity contribution in [3.05, 3.63) is 83.9 Å². The number of benzene rings is 3. The molecule has 0 radical (unpaired) electrons. The average molecular weight is 315 g/mol. The van der Waals surface area contributed by atoms with E-state index < -0.39 is 0 Å². The first kappa shape index (κ1) is 15.6. The number of hydrogen-bond acceptors (Lipinski definition) is 3. The van der Waals surface area contributed by atoms with Gasteiger partial charge < -0.3 is 9.47 Å². The maximum atomic E-state index is 8.93. The van der Waals surface area contributed by atoms with Crippen LogP contribution < -0.4 is 9.47 Å². The lowest BCUT2D eigenvalue weighted by molar-refractivity contribution is 0.284. The smallest absolute Gasteiger partial charge is 0.162 e. The lowest BCUT2D eigenvalue weighted by atomic mass is 10.0. The maximum Gasteiger partial charge on any atom is 0.162 e. The van der Waals surface area contributed by atoms with Gasteiger partial charge in [-0.05, 0) is 28.8 Å². The van der Waals surface area contributed by atoms with Crippen LogP contribution in [-0.4, -0.2) is 7.11 Å². The highest BCUT2D eigenvalue weighted by Gasteiger charge is 2.06. The van der Waals surface area contributed by atoms with Gasteiger partial charge in [0, 0.05) is 6.07 Å². The lowest BCUT2D eigenvalue weighted by Crippen LogP contribution is -1.98. The Morgan fingerprint density at radius 1 is 0.833 bits per heavy atom. The molecule has 3 heteroatoms. The molecule has 0 saturated heterocycles. The topological polar surface area (TPSA) is 42.2 Å². The quantitative estimate of drug-likeness (QED) is 0.678. The van der Waals surface area contributed by atoms with Crippen molar-refractivity contribution < 1.29 is 9.47 Å². The van der Waals surface area contributed by atoms with E-state index in [4.69, 9.17) is 14.7 Å². The molecule has 3 nitrogen and oxygen atoms in total. The molecule has 0 unspecified atom stereocenters. The first-order chi connectivity index (χ1) is 11.8. The van der Waals surface area contributed by atoms with Crippen molar-refractivity contribution in [1.82, 2.24) is 0 Å². The zero-order chi connectivity index (χ0) is 16.8. The molecule has 0 N–H and O–H groups in total. The molecule has 0 aliphatic carbocycles. The third-order valence-corrected chi connectivity index (χ3v) is 3.75. The fourth-order valence-electron chi connectivity index (χ4n) is 2.44. The Labute approximate surface area is 141 Å². The molecule has 3 rings (SSSR count). The first-order valence-electron chi connectivity index (χ1n) is 7.65. The van der Waals surface area contributed by atoms with E-state index in [0.29, 0.717) is 23.7 Å². The summed E-state index contributed by atoms with van der Waals surface area (Å²) in [5, 5.41) is 8.93. The van der Waals surface area contributed by atoms with Crippen LogP contribution in [0.15, 0.2) is 72.8 Å². The molecule has 0 bridgehead atoms. The zero-order valence-electron chi connectivity index (χ0n) is 13.4. The van der Waals surface area contributed by atoms with E-state index in [1.54, 1.807) is 25.3 Å².